The fourth-order valence-corrected chi connectivity index (χ4v) is 1.12. The zero-order chi connectivity index (χ0) is 6.91. The molecule has 0 aromatic heterocycles. The van der Waals surface area contributed by atoms with Crippen molar-refractivity contribution in [3.63, 3.8) is 0 Å². The molecule has 1 aliphatic heterocycles. The maximum atomic E-state index is 12.4. The third-order valence-corrected chi connectivity index (χ3v) is 1.59. The topological polar surface area (TPSA) is 12.0 Å². The molecule has 0 amide bonds. The fourth-order valence-electron chi connectivity index (χ4n) is 1.12. The van der Waals surface area contributed by atoms with Gasteiger partial charge in [0.1, 0.15) is 0 Å². The van der Waals surface area contributed by atoms with Crippen molar-refractivity contribution >= 4 is 0 Å². The molecule has 54 valence electrons. The molecule has 0 radical (unpaired) electrons. The molecule has 0 aliphatic carbocycles. The molecule has 0 aromatic carbocycles. The molecule has 0 spiro atoms. The molecule has 1 heterocycles. The van der Waals surface area contributed by atoms with Crippen molar-refractivity contribution in [3.05, 3.63) is 0 Å². The van der Waals surface area contributed by atoms with E-state index < -0.39 is 5.92 Å². The van der Waals surface area contributed by atoms with Gasteiger partial charge < -0.3 is 5.32 Å². The molecule has 9 heavy (non-hydrogen) atoms. The predicted molar refractivity (Wildman–Crippen MR) is 31.6 cm³/mol. The number of halogens is 2. The lowest BCUT2D eigenvalue weighted by molar-refractivity contribution is -0.0387. The summed E-state index contributed by atoms with van der Waals surface area (Å²) in [6.07, 6.45) is -0.00958. The quantitative estimate of drug-likeness (QED) is 0.529. The second-order valence-electron chi connectivity index (χ2n) is 2.67. The molecule has 1 nitrogen and oxygen atoms in total. The Hall–Kier alpha value is -0.180. The van der Waals surface area contributed by atoms with Crippen molar-refractivity contribution in [3.8, 4) is 0 Å². The summed E-state index contributed by atoms with van der Waals surface area (Å²) in [5.41, 5.74) is 0. The normalized spacial score (nSPS) is 34.3. The Balaban J connectivity index is 2.41. The first-order valence-corrected chi connectivity index (χ1v) is 3.21. The molecule has 1 rings (SSSR count). The minimum atomic E-state index is -2.41. The minimum absolute atomic E-state index is 0.00264. The first-order chi connectivity index (χ1) is 4.10. The lowest BCUT2D eigenvalue weighted by Gasteiger charge is -2.27. The van der Waals surface area contributed by atoms with E-state index in [1.165, 1.54) is 0 Å². The average molecular weight is 135 g/mol. The van der Waals surface area contributed by atoms with Crippen LogP contribution in [-0.4, -0.2) is 18.5 Å². The van der Waals surface area contributed by atoms with Crippen molar-refractivity contribution < 1.29 is 8.78 Å². The van der Waals surface area contributed by atoms with Gasteiger partial charge in [-0.05, 0) is 6.92 Å². The summed E-state index contributed by atoms with van der Waals surface area (Å²) in [6.45, 7) is 2.24. The van der Waals surface area contributed by atoms with Crippen molar-refractivity contribution in [1.82, 2.24) is 5.32 Å². The van der Waals surface area contributed by atoms with Crippen molar-refractivity contribution in [2.75, 3.05) is 6.54 Å². The van der Waals surface area contributed by atoms with Gasteiger partial charge in [0.05, 0.1) is 0 Å². The summed E-state index contributed by atoms with van der Waals surface area (Å²) in [4.78, 5) is 0. The number of nitrogens with one attached hydrogen (secondary N) is 1. The Labute approximate surface area is 53.4 Å². The summed E-state index contributed by atoms with van der Waals surface area (Å²) in [7, 11) is 0. The van der Waals surface area contributed by atoms with E-state index in [1.807, 2.05) is 0 Å². The Morgan fingerprint density at radius 3 is 2.56 bits per heavy atom. The van der Waals surface area contributed by atoms with Crippen LogP contribution < -0.4 is 5.32 Å². The van der Waals surface area contributed by atoms with E-state index in [2.05, 4.69) is 5.32 Å². The zero-order valence-electron chi connectivity index (χ0n) is 5.45. The van der Waals surface area contributed by atoms with Crippen molar-refractivity contribution in [2.45, 2.75) is 31.7 Å². The Morgan fingerprint density at radius 2 is 2.22 bits per heavy atom. The number of piperidine rings is 1. The summed E-state index contributed by atoms with van der Waals surface area (Å²) in [5.74, 6) is -2.41. The molecule has 1 aliphatic rings. The average Bonchev–Trinajstić information content (AvgIpc) is 1.60. The largest absolute Gasteiger partial charge is 0.314 e. The summed E-state index contributed by atoms with van der Waals surface area (Å²) < 4.78 is 24.8. The van der Waals surface area contributed by atoms with Crippen molar-refractivity contribution in [2.24, 2.45) is 0 Å². The third kappa shape index (κ3) is 1.90. The maximum absolute atomic E-state index is 12.4. The highest BCUT2D eigenvalue weighted by molar-refractivity contribution is 4.79. The Bertz CT molecular complexity index is 103. The molecule has 0 saturated carbocycles. The predicted octanol–water partition coefficient (Wildman–Crippen LogP) is 1.39. The van der Waals surface area contributed by atoms with Gasteiger partial charge >= 0.3 is 0 Å². The molecule has 0 bridgehead atoms. The standard InChI is InChI=1S/C6H11F2N/c1-5-4-6(7,8)2-3-9-5/h5,9H,2-4H2,1H3. The van der Waals surface area contributed by atoms with E-state index in [9.17, 15) is 8.78 Å². The van der Waals surface area contributed by atoms with Crippen LogP contribution >= 0.6 is 0 Å². The molecule has 1 N–H and O–H groups in total. The second-order valence-corrected chi connectivity index (χ2v) is 2.67. The van der Waals surface area contributed by atoms with E-state index in [0.717, 1.165) is 0 Å². The summed E-state index contributed by atoms with van der Waals surface area (Å²) in [6, 6.07) is -0.0197. The highest BCUT2D eigenvalue weighted by Gasteiger charge is 2.33. The van der Waals surface area contributed by atoms with E-state index in [1.54, 1.807) is 6.92 Å². The summed E-state index contributed by atoms with van der Waals surface area (Å²) >= 11 is 0. The van der Waals surface area contributed by atoms with Crippen LogP contribution in [0.15, 0.2) is 0 Å². The van der Waals surface area contributed by atoms with Gasteiger partial charge in [-0.15, -0.1) is 0 Å². The van der Waals surface area contributed by atoms with Gasteiger partial charge in [0.25, 0.3) is 5.92 Å². The third-order valence-electron chi connectivity index (χ3n) is 1.59. The van der Waals surface area contributed by atoms with E-state index in [4.69, 9.17) is 0 Å². The van der Waals surface area contributed by atoms with Gasteiger partial charge in [0, 0.05) is 25.4 Å². The SMILES string of the molecule is CC1CC(F)(F)CCN1. The molecule has 1 atom stereocenters. The van der Waals surface area contributed by atoms with Crippen molar-refractivity contribution in [1.29, 1.82) is 0 Å². The van der Waals surface area contributed by atoms with Gasteiger partial charge in [-0.3, -0.25) is 0 Å². The molecule has 1 saturated heterocycles. The van der Waals surface area contributed by atoms with Crippen LogP contribution in [0.5, 0.6) is 0 Å². The van der Waals surface area contributed by atoms with E-state index in [-0.39, 0.29) is 18.9 Å². The van der Waals surface area contributed by atoms with Crippen LogP contribution in [0.3, 0.4) is 0 Å². The Kier molecular flexibility index (Phi) is 1.70. The Morgan fingerprint density at radius 1 is 1.56 bits per heavy atom. The molecule has 1 unspecified atom stereocenters. The number of hydrogen-bond acceptors (Lipinski definition) is 1. The first-order valence-electron chi connectivity index (χ1n) is 3.21. The van der Waals surface area contributed by atoms with E-state index in [0.29, 0.717) is 6.54 Å². The highest BCUT2D eigenvalue weighted by atomic mass is 19.3. The minimum Gasteiger partial charge on any atom is -0.314 e. The number of hydrogen-bond donors (Lipinski definition) is 1. The van der Waals surface area contributed by atoms with Crippen LogP contribution in [0.1, 0.15) is 19.8 Å². The number of alkyl halides is 2. The van der Waals surface area contributed by atoms with Crippen LogP contribution in [0.25, 0.3) is 0 Å². The lowest BCUT2D eigenvalue weighted by Crippen LogP contribution is -2.41. The molecule has 3 heteroatoms. The molecular weight excluding hydrogens is 124 g/mol. The molecular formula is C6H11F2N. The zero-order valence-corrected chi connectivity index (χ0v) is 5.45. The van der Waals surface area contributed by atoms with Crippen LogP contribution in [0, 0.1) is 0 Å². The van der Waals surface area contributed by atoms with Gasteiger partial charge in [-0.25, -0.2) is 8.78 Å². The fraction of sp³-hybridized carbons (Fsp3) is 1.00. The summed E-state index contributed by atoms with van der Waals surface area (Å²) in [5, 5.41) is 2.96. The number of rotatable bonds is 0. The van der Waals surface area contributed by atoms with Crippen LogP contribution in [-0.2, 0) is 0 Å². The van der Waals surface area contributed by atoms with Crippen LogP contribution in [0.2, 0.25) is 0 Å². The van der Waals surface area contributed by atoms with Gasteiger partial charge in [0.2, 0.25) is 0 Å². The van der Waals surface area contributed by atoms with Crippen LogP contribution in [0.4, 0.5) is 8.78 Å². The van der Waals surface area contributed by atoms with Gasteiger partial charge in [-0.2, -0.15) is 0 Å². The first kappa shape index (κ1) is 6.93. The lowest BCUT2D eigenvalue weighted by atomic mass is 10.0. The van der Waals surface area contributed by atoms with Gasteiger partial charge in [0.15, 0.2) is 0 Å². The highest BCUT2D eigenvalue weighted by Crippen LogP contribution is 2.26. The maximum Gasteiger partial charge on any atom is 0.250 e. The molecule has 1 fully saturated rings. The molecule has 0 aromatic rings. The smallest absolute Gasteiger partial charge is 0.250 e. The monoisotopic (exact) mass is 135 g/mol. The second kappa shape index (κ2) is 2.21. The van der Waals surface area contributed by atoms with E-state index >= 15 is 0 Å². The van der Waals surface area contributed by atoms with Gasteiger partial charge in [-0.1, -0.05) is 0 Å².